The molecule has 0 spiro atoms. The van der Waals surface area contributed by atoms with E-state index in [9.17, 15) is 14.4 Å². The summed E-state index contributed by atoms with van der Waals surface area (Å²) in [5, 5.41) is 7.77. The van der Waals surface area contributed by atoms with Gasteiger partial charge >= 0.3 is 0 Å². The molecule has 0 atom stereocenters. The smallest absolute Gasteiger partial charge is 0.276 e. The van der Waals surface area contributed by atoms with E-state index in [1.165, 1.54) is 22.7 Å². The second kappa shape index (κ2) is 10.7. The van der Waals surface area contributed by atoms with Gasteiger partial charge in [-0.05, 0) is 37.1 Å². The molecular formula is C23H24N4O4S2. The Bertz CT molecular complexity index is 1100. The van der Waals surface area contributed by atoms with Crippen molar-refractivity contribution < 1.29 is 19.1 Å². The molecule has 2 amide bonds. The van der Waals surface area contributed by atoms with Crippen LogP contribution in [0.5, 0.6) is 5.75 Å². The number of nitrogens with zero attached hydrogens (tertiary/aromatic N) is 3. The van der Waals surface area contributed by atoms with Gasteiger partial charge in [0.25, 0.3) is 5.91 Å². The summed E-state index contributed by atoms with van der Waals surface area (Å²) in [6, 6.07) is 6.92. The lowest BCUT2D eigenvalue weighted by molar-refractivity contribution is -0.132. The van der Waals surface area contributed by atoms with Crippen LogP contribution in [0.15, 0.2) is 41.2 Å². The molecule has 33 heavy (non-hydrogen) atoms. The highest BCUT2D eigenvalue weighted by atomic mass is 32.1. The number of benzene rings is 1. The highest BCUT2D eigenvalue weighted by Gasteiger charge is 2.26. The second-order valence-corrected chi connectivity index (χ2v) is 9.45. The minimum atomic E-state index is -0.262. The van der Waals surface area contributed by atoms with E-state index < -0.39 is 0 Å². The minimum Gasteiger partial charge on any atom is -0.497 e. The van der Waals surface area contributed by atoms with Crippen LogP contribution in [0.3, 0.4) is 0 Å². The van der Waals surface area contributed by atoms with E-state index >= 15 is 0 Å². The standard InChI is InChI=1S/C23H24N4O4S2/c1-31-17-4-2-15(3-5-17)19(28)6-7-20(29)27-11-8-16(9-12-27)22-25-18(14-33-22)21(30)26-23-24-10-13-32-23/h2-5,10,13-14,16H,6-9,11-12H2,1H3,(H,24,26,30). The van der Waals surface area contributed by atoms with Gasteiger partial charge in [-0.25, -0.2) is 9.97 Å². The summed E-state index contributed by atoms with van der Waals surface area (Å²) in [4.78, 5) is 47.7. The zero-order valence-corrected chi connectivity index (χ0v) is 19.8. The number of hydrogen-bond donors (Lipinski definition) is 1. The van der Waals surface area contributed by atoms with Crippen LogP contribution in [0.25, 0.3) is 0 Å². The Labute approximate surface area is 199 Å². The number of methoxy groups -OCH3 is 1. The molecule has 0 bridgehead atoms. The quantitative estimate of drug-likeness (QED) is 0.480. The number of piperidine rings is 1. The summed E-state index contributed by atoms with van der Waals surface area (Å²) >= 11 is 2.83. The molecule has 1 aliphatic rings. The summed E-state index contributed by atoms with van der Waals surface area (Å²) in [7, 11) is 1.58. The molecule has 1 aromatic carbocycles. The van der Waals surface area contributed by atoms with Crippen LogP contribution in [0, 0.1) is 0 Å². The van der Waals surface area contributed by atoms with E-state index in [0.29, 0.717) is 35.2 Å². The van der Waals surface area contributed by atoms with Crippen molar-refractivity contribution in [1.29, 1.82) is 0 Å². The summed E-state index contributed by atoms with van der Waals surface area (Å²) in [5.74, 6) is 0.603. The van der Waals surface area contributed by atoms with Crippen LogP contribution in [0.2, 0.25) is 0 Å². The van der Waals surface area contributed by atoms with Gasteiger partial charge in [0.1, 0.15) is 11.4 Å². The van der Waals surface area contributed by atoms with Gasteiger partial charge in [-0.15, -0.1) is 22.7 Å². The number of anilines is 1. The predicted molar refractivity (Wildman–Crippen MR) is 127 cm³/mol. The molecule has 2 aromatic heterocycles. The topological polar surface area (TPSA) is 101 Å². The molecule has 1 N–H and O–H groups in total. The Hall–Kier alpha value is -3.11. The van der Waals surface area contributed by atoms with Gasteiger partial charge in [0, 0.05) is 54.4 Å². The number of carbonyl (C=O) groups excluding carboxylic acids is 3. The lowest BCUT2D eigenvalue weighted by Gasteiger charge is -2.31. The Kier molecular flexibility index (Phi) is 7.46. The number of carbonyl (C=O) groups is 3. The molecule has 172 valence electrons. The maximum atomic E-state index is 12.6. The molecule has 3 heterocycles. The maximum Gasteiger partial charge on any atom is 0.276 e. The number of hydrogen-bond acceptors (Lipinski definition) is 8. The van der Waals surface area contributed by atoms with Crippen molar-refractivity contribution in [2.75, 3.05) is 25.5 Å². The Morgan fingerprint density at radius 3 is 2.55 bits per heavy atom. The average molecular weight is 485 g/mol. The van der Waals surface area contributed by atoms with Crippen molar-refractivity contribution in [1.82, 2.24) is 14.9 Å². The highest BCUT2D eigenvalue weighted by Crippen LogP contribution is 2.31. The molecule has 0 unspecified atom stereocenters. The van der Waals surface area contributed by atoms with Gasteiger partial charge in [0.2, 0.25) is 5.91 Å². The van der Waals surface area contributed by atoms with E-state index in [1.807, 2.05) is 4.90 Å². The van der Waals surface area contributed by atoms with Gasteiger partial charge in [-0.3, -0.25) is 19.7 Å². The normalized spacial score (nSPS) is 14.2. The molecule has 0 aliphatic carbocycles. The third-order valence-corrected chi connectivity index (χ3v) is 7.28. The number of aromatic nitrogens is 2. The summed E-state index contributed by atoms with van der Waals surface area (Å²) < 4.78 is 5.10. The van der Waals surface area contributed by atoms with E-state index in [1.54, 1.807) is 48.3 Å². The van der Waals surface area contributed by atoms with Crippen LogP contribution in [0.4, 0.5) is 5.13 Å². The summed E-state index contributed by atoms with van der Waals surface area (Å²) in [6.45, 7) is 1.25. The van der Waals surface area contributed by atoms with Crippen molar-refractivity contribution in [3.8, 4) is 5.75 Å². The van der Waals surface area contributed by atoms with Crippen LogP contribution in [0.1, 0.15) is 57.5 Å². The average Bonchev–Trinajstić information content (AvgIpc) is 3.55. The van der Waals surface area contributed by atoms with E-state index in [4.69, 9.17) is 4.74 Å². The van der Waals surface area contributed by atoms with Crippen molar-refractivity contribution in [3.05, 3.63) is 57.5 Å². The lowest BCUT2D eigenvalue weighted by Crippen LogP contribution is -2.38. The van der Waals surface area contributed by atoms with Gasteiger partial charge in [0.15, 0.2) is 10.9 Å². The fraction of sp³-hybridized carbons (Fsp3) is 0.348. The summed E-state index contributed by atoms with van der Waals surface area (Å²) in [5.41, 5.74) is 0.974. The van der Waals surface area contributed by atoms with Crippen molar-refractivity contribution in [3.63, 3.8) is 0 Å². The first-order chi connectivity index (χ1) is 16.0. The molecule has 8 nitrogen and oxygen atoms in total. The predicted octanol–water partition coefficient (Wildman–Crippen LogP) is 4.23. The number of rotatable bonds is 8. The molecule has 0 radical (unpaired) electrons. The molecule has 4 rings (SSSR count). The fourth-order valence-electron chi connectivity index (χ4n) is 3.70. The molecule has 3 aromatic rings. The fourth-order valence-corrected chi connectivity index (χ4v) is 5.20. The molecule has 1 fully saturated rings. The third kappa shape index (κ3) is 5.82. The second-order valence-electron chi connectivity index (χ2n) is 7.67. The first kappa shape index (κ1) is 23.1. The summed E-state index contributed by atoms with van der Waals surface area (Å²) in [6.07, 6.45) is 3.61. The van der Waals surface area contributed by atoms with Crippen LogP contribution in [-0.4, -0.2) is 52.7 Å². The van der Waals surface area contributed by atoms with Gasteiger partial charge < -0.3 is 9.64 Å². The maximum absolute atomic E-state index is 12.6. The third-order valence-electron chi connectivity index (χ3n) is 5.58. The molecule has 10 heteroatoms. The van der Waals surface area contributed by atoms with Gasteiger partial charge in [-0.2, -0.15) is 0 Å². The number of nitrogens with one attached hydrogen (secondary N) is 1. The van der Waals surface area contributed by atoms with E-state index in [0.717, 1.165) is 17.8 Å². The van der Waals surface area contributed by atoms with Crippen LogP contribution >= 0.6 is 22.7 Å². The zero-order valence-electron chi connectivity index (χ0n) is 18.2. The van der Waals surface area contributed by atoms with E-state index in [2.05, 4.69) is 15.3 Å². The number of thiazole rings is 2. The number of Topliss-reactive ketones (excluding diaryl/α,β-unsaturated/α-hetero) is 1. The largest absolute Gasteiger partial charge is 0.497 e. The number of likely N-dealkylation sites (tertiary alicyclic amines) is 1. The Balaban J connectivity index is 1.23. The van der Waals surface area contributed by atoms with Crippen molar-refractivity contribution in [2.24, 2.45) is 0 Å². The molecule has 1 aliphatic heterocycles. The van der Waals surface area contributed by atoms with Crippen molar-refractivity contribution in [2.45, 2.75) is 31.6 Å². The highest BCUT2D eigenvalue weighted by molar-refractivity contribution is 7.13. The van der Waals surface area contributed by atoms with Crippen LogP contribution in [-0.2, 0) is 4.79 Å². The van der Waals surface area contributed by atoms with Crippen LogP contribution < -0.4 is 10.1 Å². The van der Waals surface area contributed by atoms with Crippen molar-refractivity contribution >= 4 is 45.4 Å². The number of ether oxygens (including phenoxy) is 1. The SMILES string of the molecule is COc1ccc(C(=O)CCC(=O)N2CCC(c3nc(C(=O)Nc4nccs4)cs3)CC2)cc1. The lowest BCUT2D eigenvalue weighted by atomic mass is 9.97. The van der Waals surface area contributed by atoms with E-state index in [-0.39, 0.29) is 36.4 Å². The first-order valence-electron chi connectivity index (χ1n) is 10.6. The number of ketones is 1. The van der Waals surface area contributed by atoms with Gasteiger partial charge in [0.05, 0.1) is 12.1 Å². The Morgan fingerprint density at radius 1 is 1.12 bits per heavy atom. The number of amides is 2. The monoisotopic (exact) mass is 484 g/mol. The Morgan fingerprint density at radius 2 is 1.88 bits per heavy atom. The molecule has 1 saturated heterocycles. The molecule has 0 saturated carbocycles. The molecular weight excluding hydrogens is 460 g/mol. The first-order valence-corrected chi connectivity index (χ1v) is 12.4. The van der Waals surface area contributed by atoms with Gasteiger partial charge in [-0.1, -0.05) is 0 Å². The zero-order chi connectivity index (χ0) is 23.2. The minimum absolute atomic E-state index is 0.00188.